The van der Waals surface area contributed by atoms with Crippen LogP contribution >= 0.6 is 0 Å². The van der Waals surface area contributed by atoms with E-state index in [-0.39, 0.29) is 31.8 Å². The molecule has 0 spiro atoms. The van der Waals surface area contributed by atoms with Gasteiger partial charge in [-0.25, -0.2) is 9.59 Å². The predicted octanol–water partition coefficient (Wildman–Crippen LogP) is 0.320. The summed E-state index contributed by atoms with van der Waals surface area (Å²) >= 11 is 0. The average Bonchev–Trinajstić information content (AvgIpc) is 2.77. The fourth-order valence-corrected chi connectivity index (χ4v) is 2.58. The molecule has 2 aliphatic heterocycles. The third-order valence-electron chi connectivity index (χ3n) is 3.71. The minimum absolute atomic E-state index is 0.0113. The van der Waals surface area contributed by atoms with Crippen molar-refractivity contribution in [3.63, 3.8) is 0 Å². The zero-order valence-corrected chi connectivity index (χ0v) is 14.1. The topological polar surface area (TPSA) is 119 Å². The molecular weight excluding hydrogens is 318 g/mol. The summed E-state index contributed by atoms with van der Waals surface area (Å²) in [5, 5.41) is 0.476. The first-order valence-corrected chi connectivity index (χ1v) is 7.91. The molecule has 9 nitrogen and oxygen atoms in total. The van der Waals surface area contributed by atoms with Gasteiger partial charge in [0.2, 0.25) is 0 Å². The Morgan fingerprint density at radius 2 is 1.71 bits per heavy atom. The largest absolute Gasteiger partial charge is 0.444 e. The summed E-state index contributed by atoms with van der Waals surface area (Å²) in [7, 11) is 0. The maximum atomic E-state index is 12.4. The zero-order valence-electron chi connectivity index (χ0n) is 14.1. The lowest BCUT2D eigenvalue weighted by atomic mass is 9.99. The van der Waals surface area contributed by atoms with E-state index in [0.29, 0.717) is 11.5 Å². The Kier molecular flexibility index (Phi) is 5.12. The van der Waals surface area contributed by atoms with Crippen LogP contribution in [0.3, 0.4) is 0 Å². The smallest absolute Gasteiger partial charge is 0.411 e. The molecule has 2 rings (SSSR count). The number of piperidine rings is 1. The van der Waals surface area contributed by atoms with Gasteiger partial charge in [-0.1, -0.05) is 0 Å². The number of nitrogens with two attached hydrogens (primary N) is 1. The van der Waals surface area contributed by atoms with Crippen LogP contribution in [0, 0.1) is 0 Å². The van der Waals surface area contributed by atoms with Crippen molar-refractivity contribution < 1.29 is 28.8 Å². The molecule has 2 saturated heterocycles. The fraction of sp³-hybridized carbons (Fsp3) is 0.733. The van der Waals surface area contributed by atoms with Gasteiger partial charge >= 0.3 is 12.1 Å². The highest BCUT2D eigenvalue weighted by Gasteiger charge is 2.41. The van der Waals surface area contributed by atoms with E-state index in [0.717, 1.165) is 0 Å². The van der Waals surface area contributed by atoms with Crippen LogP contribution in [-0.2, 0) is 24.0 Å². The molecule has 0 aliphatic carbocycles. The van der Waals surface area contributed by atoms with E-state index < -0.39 is 35.5 Å². The molecule has 0 bridgehead atoms. The molecule has 0 aromatic rings. The summed E-state index contributed by atoms with van der Waals surface area (Å²) in [5.41, 5.74) is 5.15. The summed E-state index contributed by atoms with van der Waals surface area (Å²) in [6.07, 6.45) is 0.129. The summed E-state index contributed by atoms with van der Waals surface area (Å²) in [6, 6.07) is -1.22. The first kappa shape index (κ1) is 18.2. The molecule has 134 valence electrons. The van der Waals surface area contributed by atoms with Crippen molar-refractivity contribution in [1.29, 1.82) is 0 Å². The van der Waals surface area contributed by atoms with Crippen molar-refractivity contribution in [2.75, 3.05) is 6.54 Å². The highest BCUT2D eigenvalue weighted by Crippen LogP contribution is 2.22. The Morgan fingerprint density at radius 1 is 1.12 bits per heavy atom. The number of nitrogens with zero attached hydrogens (tertiary/aromatic N) is 2. The molecule has 0 aromatic carbocycles. The van der Waals surface area contributed by atoms with Crippen molar-refractivity contribution >= 4 is 23.9 Å². The Balaban J connectivity index is 2.09. The predicted molar refractivity (Wildman–Crippen MR) is 81.1 cm³/mol. The van der Waals surface area contributed by atoms with Crippen molar-refractivity contribution in [3.8, 4) is 0 Å². The molecule has 2 heterocycles. The van der Waals surface area contributed by atoms with Crippen molar-refractivity contribution in [2.24, 2.45) is 5.73 Å². The molecule has 2 N–H and O–H groups in total. The molecule has 2 atom stereocenters. The van der Waals surface area contributed by atoms with Crippen molar-refractivity contribution in [1.82, 2.24) is 9.96 Å². The Bertz CT molecular complexity index is 540. The maximum absolute atomic E-state index is 12.4. The average molecular weight is 341 g/mol. The minimum atomic E-state index is -0.944. The molecule has 9 heteroatoms. The van der Waals surface area contributed by atoms with Crippen LogP contribution in [0.5, 0.6) is 0 Å². The summed E-state index contributed by atoms with van der Waals surface area (Å²) in [4.78, 5) is 54.0. The number of carbonyl (C=O) groups excluding carboxylic acids is 4. The number of likely N-dealkylation sites (tertiary alicyclic amines) is 1. The second-order valence-electron chi connectivity index (χ2n) is 6.98. The highest BCUT2D eigenvalue weighted by atomic mass is 16.7. The third kappa shape index (κ3) is 4.22. The number of ether oxygens (including phenoxy) is 1. The number of hydroxylamine groups is 2. The number of carbonyl (C=O) groups is 4. The normalized spacial score (nSPS) is 25.0. The standard InChI is InChI=1S/C15H23N3O6/c1-15(2,3)23-14(22)17-8-9(16)4-5-10(17)13(21)24-18-11(19)6-7-12(18)20/h9-10H,4-8,16H2,1-3H3/t9-,10+/m1/s1. The third-order valence-corrected chi connectivity index (χ3v) is 3.71. The monoisotopic (exact) mass is 341 g/mol. The summed E-state index contributed by atoms with van der Waals surface area (Å²) < 4.78 is 5.29. The first-order valence-electron chi connectivity index (χ1n) is 7.91. The number of imide groups is 1. The maximum Gasteiger partial charge on any atom is 0.411 e. The number of rotatable bonds is 2. The fourth-order valence-electron chi connectivity index (χ4n) is 2.58. The van der Waals surface area contributed by atoms with E-state index in [4.69, 9.17) is 15.3 Å². The first-order chi connectivity index (χ1) is 11.1. The van der Waals surface area contributed by atoms with Crippen molar-refractivity contribution in [2.45, 2.75) is 64.1 Å². The van der Waals surface area contributed by atoms with Gasteiger partial charge < -0.3 is 15.3 Å². The molecule has 0 saturated carbocycles. The molecular formula is C15H23N3O6. The summed E-state index contributed by atoms with van der Waals surface area (Å²) in [5.74, 6) is -1.97. The van der Waals surface area contributed by atoms with Gasteiger partial charge in [-0.2, -0.15) is 0 Å². The zero-order chi connectivity index (χ0) is 18.1. The lowest BCUT2D eigenvalue weighted by Crippen LogP contribution is -2.56. The number of hydrogen-bond acceptors (Lipinski definition) is 7. The van der Waals surface area contributed by atoms with E-state index in [1.165, 1.54) is 4.90 Å². The Hall–Kier alpha value is -2.16. The van der Waals surface area contributed by atoms with E-state index in [2.05, 4.69) is 0 Å². The van der Waals surface area contributed by atoms with E-state index >= 15 is 0 Å². The Morgan fingerprint density at radius 3 is 2.25 bits per heavy atom. The van der Waals surface area contributed by atoms with Crippen LogP contribution in [-0.4, -0.2) is 58.1 Å². The molecule has 0 radical (unpaired) electrons. The second kappa shape index (κ2) is 6.76. The van der Waals surface area contributed by atoms with E-state index in [1.54, 1.807) is 20.8 Å². The molecule has 2 fully saturated rings. The van der Waals surface area contributed by atoms with Crippen LogP contribution in [0.4, 0.5) is 4.79 Å². The number of hydrogen-bond donors (Lipinski definition) is 1. The highest BCUT2D eigenvalue weighted by molar-refractivity contribution is 6.01. The molecule has 0 unspecified atom stereocenters. The lowest BCUT2D eigenvalue weighted by Gasteiger charge is -2.37. The Labute approximate surface area is 140 Å². The van der Waals surface area contributed by atoms with Crippen LogP contribution in [0.2, 0.25) is 0 Å². The molecule has 0 aromatic heterocycles. The van der Waals surface area contributed by atoms with Crippen LogP contribution in [0.1, 0.15) is 46.5 Å². The van der Waals surface area contributed by atoms with Gasteiger partial charge in [-0.15, -0.1) is 5.06 Å². The van der Waals surface area contributed by atoms with Gasteiger partial charge in [0.1, 0.15) is 11.6 Å². The van der Waals surface area contributed by atoms with Crippen LogP contribution in [0.25, 0.3) is 0 Å². The van der Waals surface area contributed by atoms with E-state index in [1.807, 2.05) is 0 Å². The van der Waals surface area contributed by atoms with Crippen molar-refractivity contribution in [3.05, 3.63) is 0 Å². The van der Waals surface area contributed by atoms with E-state index in [9.17, 15) is 19.2 Å². The van der Waals surface area contributed by atoms with Crippen LogP contribution in [0.15, 0.2) is 0 Å². The van der Waals surface area contributed by atoms with Gasteiger partial charge in [-0.3, -0.25) is 14.5 Å². The van der Waals surface area contributed by atoms with Crippen LogP contribution < -0.4 is 5.73 Å². The molecule has 24 heavy (non-hydrogen) atoms. The van der Waals surface area contributed by atoms with Gasteiger partial charge in [0.05, 0.1) is 0 Å². The quantitative estimate of drug-likeness (QED) is 0.718. The second-order valence-corrected chi connectivity index (χ2v) is 6.98. The number of amides is 3. The SMILES string of the molecule is CC(C)(C)OC(=O)N1C[C@H](N)CC[C@H]1C(=O)ON1C(=O)CCC1=O. The molecule has 3 amide bonds. The van der Waals surface area contributed by atoms with Gasteiger partial charge in [-0.05, 0) is 33.6 Å². The van der Waals surface area contributed by atoms with Gasteiger partial charge in [0.15, 0.2) is 0 Å². The summed E-state index contributed by atoms with van der Waals surface area (Å²) in [6.45, 7) is 5.27. The minimum Gasteiger partial charge on any atom is -0.444 e. The lowest BCUT2D eigenvalue weighted by molar-refractivity contribution is -0.201. The van der Waals surface area contributed by atoms with Gasteiger partial charge in [0.25, 0.3) is 11.8 Å². The van der Waals surface area contributed by atoms with Gasteiger partial charge in [0, 0.05) is 25.4 Å². The molecule has 2 aliphatic rings.